The van der Waals surface area contributed by atoms with Gasteiger partial charge < -0.3 is 20.5 Å². The predicted octanol–water partition coefficient (Wildman–Crippen LogP) is 2.82. The number of hydrogen-bond donors (Lipinski definition) is 3. The molecule has 8 heteroatoms. The first-order chi connectivity index (χ1) is 15.7. The average Bonchev–Trinajstić information content (AvgIpc) is 2.83. The monoisotopic (exact) mass is 428 g/mol. The number of carbonyl (C=O) groups is 1. The smallest absolute Gasteiger partial charge is 0.315 e. The fourth-order valence-electron chi connectivity index (χ4n) is 3.37. The topological polar surface area (TPSA) is 103 Å². The minimum Gasteiger partial charge on any atom is -0.351 e. The van der Waals surface area contributed by atoms with Crippen molar-refractivity contribution >= 4 is 22.8 Å². The van der Waals surface area contributed by atoms with Crippen molar-refractivity contribution in [3.8, 4) is 0 Å². The van der Waals surface area contributed by atoms with Crippen LogP contribution in [0.15, 0.2) is 83.8 Å². The Morgan fingerprint density at radius 3 is 2.53 bits per heavy atom. The molecule has 4 aromatic rings. The highest BCUT2D eigenvalue weighted by molar-refractivity contribution is 5.77. The molecule has 2 aromatic heterocycles. The highest BCUT2D eigenvalue weighted by Gasteiger charge is 2.10. The summed E-state index contributed by atoms with van der Waals surface area (Å²) >= 11 is 0. The Hall–Kier alpha value is -4.20. The molecule has 0 atom stereocenters. The predicted molar refractivity (Wildman–Crippen MR) is 124 cm³/mol. The molecule has 8 nitrogen and oxygen atoms in total. The van der Waals surface area contributed by atoms with Crippen molar-refractivity contribution < 1.29 is 4.79 Å². The maximum Gasteiger partial charge on any atom is 0.315 e. The zero-order valence-corrected chi connectivity index (χ0v) is 17.5. The Kier molecular flexibility index (Phi) is 6.72. The van der Waals surface area contributed by atoms with E-state index in [0.717, 1.165) is 11.4 Å². The quantitative estimate of drug-likeness (QED) is 0.400. The Labute approximate surface area is 185 Å². The van der Waals surface area contributed by atoms with E-state index in [1.807, 2.05) is 42.5 Å². The molecular weight excluding hydrogens is 404 g/mol. The van der Waals surface area contributed by atoms with Gasteiger partial charge in [-0.15, -0.1) is 0 Å². The molecule has 0 spiro atoms. The van der Waals surface area contributed by atoms with E-state index in [-0.39, 0.29) is 18.1 Å². The van der Waals surface area contributed by atoms with Crippen molar-refractivity contribution in [2.24, 2.45) is 0 Å². The minimum absolute atomic E-state index is 0.125. The van der Waals surface area contributed by atoms with Crippen LogP contribution in [0.1, 0.15) is 11.4 Å². The van der Waals surface area contributed by atoms with Crippen molar-refractivity contribution in [2.45, 2.75) is 13.1 Å². The standard InChI is InChI=1S/C24H24N6O2/c31-23-19-10-4-5-11-20(19)28-21(29-23)16-27-24(32)26-14-15-30(22-12-6-7-13-25-22)17-18-8-2-1-3-9-18/h1-13H,14-17H2,(H2,26,27,32)(H,28,29,31). The number of H-pyrrole nitrogens is 1. The van der Waals surface area contributed by atoms with E-state index in [1.165, 1.54) is 0 Å². The molecule has 0 unspecified atom stereocenters. The van der Waals surface area contributed by atoms with E-state index in [9.17, 15) is 9.59 Å². The Morgan fingerprint density at radius 2 is 1.72 bits per heavy atom. The van der Waals surface area contributed by atoms with Gasteiger partial charge in [-0.1, -0.05) is 48.5 Å². The maximum absolute atomic E-state index is 12.3. The van der Waals surface area contributed by atoms with Crippen molar-refractivity contribution in [3.05, 3.63) is 101 Å². The summed E-state index contributed by atoms with van der Waals surface area (Å²) in [7, 11) is 0. The third-order valence-corrected chi connectivity index (χ3v) is 4.94. The minimum atomic E-state index is -0.332. The van der Waals surface area contributed by atoms with Crippen LogP contribution in [-0.4, -0.2) is 34.1 Å². The molecule has 0 aliphatic rings. The summed E-state index contributed by atoms with van der Waals surface area (Å²) in [6.45, 7) is 1.82. The van der Waals surface area contributed by atoms with Crippen molar-refractivity contribution in [3.63, 3.8) is 0 Å². The van der Waals surface area contributed by atoms with E-state index >= 15 is 0 Å². The summed E-state index contributed by atoms with van der Waals surface area (Å²) in [6.07, 6.45) is 1.75. The SMILES string of the molecule is O=C(NCCN(Cc1ccccc1)c1ccccn1)NCc1nc2ccccc2c(=O)[nH]1. The summed E-state index contributed by atoms with van der Waals surface area (Å²) < 4.78 is 0. The second-order valence-corrected chi connectivity index (χ2v) is 7.23. The van der Waals surface area contributed by atoms with Crippen LogP contribution in [0.25, 0.3) is 10.9 Å². The lowest BCUT2D eigenvalue weighted by molar-refractivity contribution is 0.240. The number of nitrogens with zero attached hydrogens (tertiary/aromatic N) is 3. The van der Waals surface area contributed by atoms with Crippen molar-refractivity contribution in [1.82, 2.24) is 25.6 Å². The van der Waals surface area contributed by atoms with Crippen LogP contribution in [0, 0.1) is 0 Å². The Bertz CT molecular complexity index is 1230. The summed E-state index contributed by atoms with van der Waals surface area (Å²) in [5, 5.41) is 6.11. The number of aromatic amines is 1. The second kappa shape index (κ2) is 10.2. The summed E-state index contributed by atoms with van der Waals surface area (Å²) in [5.41, 5.74) is 1.54. The number of nitrogens with one attached hydrogen (secondary N) is 3. The largest absolute Gasteiger partial charge is 0.351 e. The van der Waals surface area contributed by atoms with Crippen LogP contribution in [-0.2, 0) is 13.1 Å². The lowest BCUT2D eigenvalue weighted by Gasteiger charge is -2.24. The number of pyridine rings is 1. The van der Waals surface area contributed by atoms with E-state index in [4.69, 9.17) is 0 Å². The van der Waals surface area contributed by atoms with Crippen LogP contribution < -0.4 is 21.1 Å². The number of carbonyl (C=O) groups excluding carboxylic acids is 1. The lowest BCUT2D eigenvalue weighted by Crippen LogP contribution is -2.40. The molecule has 0 saturated carbocycles. The van der Waals surface area contributed by atoms with E-state index < -0.39 is 0 Å². The van der Waals surface area contributed by atoms with E-state index in [2.05, 4.69) is 42.6 Å². The molecule has 0 fully saturated rings. The molecular formula is C24H24N6O2. The van der Waals surface area contributed by atoms with E-state index in [1.54, 1.807) is 24.4 Å². The number of fused-ring (bicyclic) bond motifs is 1. The van der Waals surface area contributed by atoms with Gasteiger partial charge in [0.15, 0.2) is 0 Å². The van der Waals surface area contributed by atoms with Gasteiger partial charge in [-0.25, -0.2) is 14.8 Å². The number of anilines is 1. The van der Waals surface area contributed by atoms with Gasteiger partial charge in [0.1, 0.15) is 11.6 Å². The highest BCUT2D eigenvalue weighted by atomic mass is 16.2. The molecule has 0 bridgehead atoms. The Balaban J connectivity index is 1.32. The van der Waals surface area contributed by atoms with Gasteiger partial charge in [0.25, 0.3) is 5.56 Å². The average molecular weight is 428 g/mol. The van der Waals surface area contributed by atoms with Crippen LogP contribution in [0.3, 0.4) is 0 Å². The van der Waals surface area contributed by atoms with Crippen LogP contribution >= 0.6 is 0 Å². The van der Waals surface area contributed by atoms with Crippen molar-refractivity contribution in [1.29, 1.82) is 0 Å². The van der Waals surface area contributed by atoms with Gasteiger partial charge in [0.2, 0.25) is 0 Å². The van der Waals surface area contributed by atoms with Crippen LogP contribution in [0.4, 0.5) is 10.6 Å². The summed E-state index contributed by atoms with van der Waals surface area (Å²) in [5.74, 6) is 1.25. The van der Waals surface area contributed by atoms with Gasteiger partial charge in [0.05, 0.1) is 17.4 Å². The molecule has 4 rings (SSSR count). The summed E-state index contributed by atoms with van der Waals surface area (Å²) in [4.78, 5) is 38.0. The van der Waals surface area contributed by atoms with Gasteiger partial charge in [-0.3, -0.25) is 4.79 Å². The molecule has 2 heterocycles. The van der Waals surface area contributed by atoms with Gasteiger partial charge in [0, 0.05) is 25.8 Å². The normalized spacial score (nSPS) is 10.6. The molecule has 2 amide bonds. The number of hydrogen-bond acceptors (Lipinski definition) is 5. The number of para-hydroxylation sites is 1. The Morgan fingerprint density at radius 1 is 0.938 bits per heavy atom. The van der Waals surface area contributed by atoms with Crippen LogP contribution in [0.5, 0.6) is 0 Å². The molecule has 162 valence electrons. The highest BCUT2D eigenvalue weighted by Crippen LogP contribution is 2.13. The van der Waals surface area contributed by atoms with Gasteiger partial charge in [-0.05, 0) is 29.8 Å². The molecule has 0 aliphatic heterocycles. The molecule has 0 saturated heterocycles. The molecule has 32 heavy (non-hydrogen) atoms. The van der Waals surface area contributed by atoms with Crippen molar-refractivity contribution in [2.75, 3.05) is 18.0 Å². The number of amides is 2. The lowest BCUT2D eigenvalue weighted by atomic mass is 10.2. The second-order valence-electron chi connectivity index (χ2n) is 7.23. The fraction of sp³-hybridized carbons (Fsp3) is 0.167. The molecule has 3 N–H and O–H groups in total. The first-order valence-electron chi connectivity index (χ1n) is 10.4. The number of aromatic nitrogens is 3. The first kappa shape index (κ1) is 21.0. The van der Waals surface area contributed by atoms with E-state index in [0.29, 0.717) is 36.4 Å². The summed E-state index contributed by atoms with van der Waals surface area (Å²) in [6, 6.07) is 22.6. The number of urea groups is 1. The molecule has 0 aliphatic carbocycles. The van der Waals surface area contributed by atoms with Crippen LogP contribution in [0.2, 0.25) is 0 Å². The number of rotatable bonds is 8. The zero-order valence-electron chi connectivity index (χ0n) is 17.5. The molecule has 2 aromatic carbocycles. The number of benzene rings is 2. The van der Waals surface area contributed by atoms with Gasteiger partial charge in [-0.2, -0.15) is 0 Å². The molecule has 0 radical (unpaired) electrons. The first-order valence-corrected chi connectivity index (χ1v) is 10.4. The fourth-order valence-corrected chi connectivity index (χ4v) is 3.37. The van der Waals surface area contributed by atoms with Gasteiger partial charge >= 0.3 is 6.03 Å². The maximum atomic E-state index is 12.3. The third-order valence-electron chi connectivity index (χ3n) is 4.94. The third kappa shape index (κ3) is 5.48. The zero-order chi connectivity index (χ0) is 22.2.